The number of sulfonamides is 1. The lowest BCUT2D eigenvalue weighted by Crippen LogP contribution is -2.24. The molecule has 2 rings (SSSR count). The zero-order chi connectivity index (χ0) is 13.3. The van der Waals surface area contributed by atoms with Crippen LogP contribution in [-0.4, -0.2) is 18.6 Å². The first-order chi connectivity index (χ1) is 8.40. The number of hydrogen-bond acceptors (Lipinski definition) is 6. The lowest BCUT2D eigenvalue weighted by molar-refractivity contribution is 0.390. The molecule has 98 valence electrons. The summed E-state index contributed by atoms with van der Waals surface area (Å²) in [5.74, 6) is 0.287. The number of aromatic nitrogens is 2. The number of hydrogen-bond donors (Lipinski definition) is 1. The van der Waals surface area contributed by atoms with Gasteiger partial charge in [-0.05, 0) is 20.8 Å². The SMILES string of the molecule is Cc1nc(CNS(=O)(=O)c2c(C)noc2C)cs1. The lowest BCUT2D eigenvalue weighted by Gasteiger charge is -2.04. The van der Waals surface area contributed by atoms with Crippen LogP contribution in [0.25, 0.3) is 0 Å². The van der Waals surface area contributed by atoms with Gasteiger partial charge in [0.1, 0.15) is 10.6 Å². The normalized spacial score (nSPS) is 11.9. The summed E-state index contributed by atoms with van der Waals surface area (Å²) in [6, 6.07) is 0. The minimum absolute atomic E-state index is 0.106. The first kappa shape index (κ1) is 13.2. The van der Waals surface area contributed by atoms with Crippen LogP contribution in [0, 0.1) is 20.8 Å². The second-order valence-electron chi connectivity index (χ2n) is 3.84. The van der Waals surface area contributed by atoms with E-state index in [0.29, 0.717) is 11.4 Å². The fourth-order valence-corrected chi connectivity index (χ4v) is 3.53. The molecule has 0 bridgehead atoms. The molecule has 0 aliphatic carbocycles. The van der Waals surface area contributed by atoms with E-state index in [1.807, 2.05) is 12.3 Å². The van der Waals surface area contributed by atoms with Gasteiger partial charge in [0.05, 0.1) is 17.2 Å². The molecule has 0 aliphatic heterocycles. The molecule has 2 aromatic rings. The van der Waals surface area contributed by atoms with Gasteiger partial charge in [0, 0.05) is 5.38 Å². The summed E-state index contributed by atoms with van der Waals surface area (Å²) in [5, 5.41) is 6.36. The standard InChI is InChI=1S/C10H13N3O3S2/c1-6-10(7(2)16-13-6)18(14,15)11-4-9-5-17-8(3)12-9/h5,11H,4H2,1-3H3. The molecule has 0 atom stereocenters. The predicted octanol–water partition coefficient (Wildman–Crippen LogP) is 1.53. The summed E-state index contributed by atoms with van der Waals surface area (Å²) in [6.07, 6.45) is 0. The Morgan fingerprint density at radius 2 is 2.11 bits per heavy atom. The maximum atomic E-state index is 12.1. The molecule has 0 fully saturated rings. The topological polar surface area (TPSA) is 85.1 Å². The van der Waals surface area contributed by atoms with E-state index in [1.165, 1.54) is 11.3 Å². The smallest absolute Gasteiger partial charge is 0.246 e. The largest absolute Gasteiger partial charge is 0.360 e. The van der Waals surface area contributed by atoms with Gasteiger partial charge in [-0.15, -0.1) is 11.3 Å². The molecule has 0 aromatic carbocycles. The highest BCUT2D eigenvalue weighted by atomic mass is 32.2. The lowest BCUT2D eigenvalue weighted by atomic mass is 10.4. The summed E-state index contributed by atoms with van der Waals surface area (Å²) >= 11 is 1.48. The maximum Gasteiger partial charge on any atom is 0.246 e. The van der Waals surface area contributed by atoms with E-state index < -0.39 is 10.0 Å². The van der Waals surface area contributed by atoms with Gasteiger partial charge in [-0.1, -0.05) is 5.16 Å². The molecule has 0 amide bonds. The molecule has 2 heterocycles. The Morgan fingerprint density at radius 1 is 1.39 bits per heavy atom. The Morgan fingerprint density at radius 3 is 2.61 bits per heavy atom. The van der Waals surface area contributed by atoms with Crippen LogP contribution in [-0.2, 0) is 16.6 Å². The molecule has 0 saturated carbocycles. The van der Waals surface area contributed by atoms with E-state index in [4.69, 9.17) is 4.52 Å². The number of thiazole rings is 1. The van der Waals surface area contributed by atoms with Crippen LogP contribution in [0.3, 0.4) is 0 Å². The van der Waals surface area contributed by atoms with E-state index in [-0.39, 0.29) is 17.2 Å². The fourth-order valence-electron chi connectivity index (χ4n) is 1.59. The molecular formula is C10H13N3O3S2. The zero-order valence-corrected chi connectivity index (χ0v) is 11.9. The molecule has 18 heavy (non-hydrogen) atoms. The number of nitrogens with zero attached hydrogens (tertiary/aromatic N) is 2. The Balaban J connectivity index is 2.18. The molecule has 2 aromatic heterocycles. The third kappa shape index (κ3) is 2.60. The molecule has 1 N–H and O–H groups in total. The minimum atomic E-state index is -3.61. The van der Waals surface area contributed by atoms with Gasteiger partial charge in [-0.2, -0.15) is 0 Å². The molecule has 0 spiro atoms. The Bertz CT molecular complexity index is 638. The molecule has 0 aliphatic rings. The van der Waals surface area contributed by atoms with E-state index in [9.17, 15) is 8.42 Å². The van der Waals surface area contributed by atoms with Crippen LogP contribution in [0.2, 0.25) is 0 Å². The van der Waals surface area contributed by atoms with Crippen molar-refractivity contribution in [2.75, 3.05) is 0 Å². The third-order valence-corrected chi connectivity index (χ3v) is 4.81. The molecule has 0 unspecified atom stereocenters. The number of aryl methyl sites for hydroxylation is 3. The quantitative estimate of drug-likeness (QED) is 0.921. The highest BCUT2D eigenvalue weighted by Crippen LogP contribution is 2.19. The Kier molecular flexibility index (Phi) is 3.51. The van der Waals surface area contributed by atoms with Crippen molar-refractivity contribution in [3.8, 4) is 0 Å². The second kappa shape index (κ2) is 4.79. The van der Waals surface area contributed by atoms with Gasteiger partial charge < -0.3 is 4.52 Å². The van der Waals surface area contributed by atoms with Gasteiger partial charge in [-0.3, -0.25) is 0 Å². The van der Waals surface area contributed by atoms with Gasteiger partial charge in [0.15, 0.2) is 5.76 Å². The van der Waals surface area contributed by atoms with Gasteiger partial charge >= 0.3 is 0 Å². The summed E-state index contributed by atoms with van der Waals surface area (Å²) < 4.78 is 31.5. The first-order valence-electron chi connectivity index (χ1n) is 5.23. The zero-order valence-electron chi connectivity index (χ0n) is 10.2. The van der Waals surface area contributed by atoms with Crippen LogP contribution in [0.1, 0.15) is 22.2 Å². The van der Waals surface area contributed by atoms with Crippen molar-refractivity contribution in [2.24, 2.45) is 0 Å². The maximum absolute atomic E-state index is 12.1. The molecule has 0 saturated heterocycles. The second-order valence-corrected chi connectivity index (χ2v) is 6.60. The van der Waals surface area contributed by atoms with E-state index in [2.05, 4.69) is 14.9 Å². The average molecular weight is 287 g/mol. The van der Waals surface area contributed by atoms with Gasteiger partial charge in [0.25, 0.3) is 0 Å². The highest BCUT2D eigenvalue weighted by molar-refractivity contribution is 7.89. The van der Waals surface area contributed by atoms with Crippen LogP contribution >= 0.6 is 11.3 Å². The van der Waals surface area contributed by atoms with Crippen LogP contribution < -0.4 is 4.72 Å². The van der Waals surface area contributed by atoms with Crippen molar-refractivity contribution < 1.29 is 12.9 Å². The summed E-state index contributed by atoms with van der Waals surface area (Å²) in [6.45, 7) is 5.20. The summed E-state index contributed by atoms with van der Waals surface area (Å²) in [4.78, 5) is 4.30. The van der Waals surface area contributed by atoms with Crippen molar-refractivity contribution in [1.29, 1.82) is 0 Å². The van der Waals surface area contributed by atoms with Crippen LogP contribution in [0.5, 0.6) is 0 Å². The first-order valence-corrected chi connectivity index (χ1v) is 7.60. The van der Waals surface area contributed by atoms with E-state index in [0.717, 1.165) is 5.01 Å². The summed E-state index contributed by atoms with van der Waals surface area (Å²) in [5.41, 5.74) is 1.06. The van der Waals surface area contributed by atoms with Crippen LogP contribution in [0.4, 0.5) is 0 Å². The van der Waals surface area contributed by atoms with Crippen molar-refractivity contribution in [3.05, 3.63) is 27.5 Å². The highest BCUT2D eigenvalue weighted by Gasteiger charge is 2.23. The van der Waals surface area contributed by atoms with Crippen molar-refractivity contribution in [2.45, 2.75) is 32.2 Å². The molecular weight excluding hydrogens is 274 g/mol. The van der Waals surface area contributed by atoms with E-state index in [1.54, 1.807) is 13.8 Å². The monoisotopic (exact) mass is 287 g/mol. The average Bonchev–Trinajstić information content (AvgIpc) is 2.83. The molecule has 8 heteroatoms. The predicted molar refractivity (Wildman–Crippen MR) is 66.9 cm³/mol. The number of nitrogens with one attached hydrogen (secondary N) is 1. The van der Waals surface area contributed by atoms with Crippen molar-refractivity contribution in [1.82, 2.24) is 14.9 Å². The fraction of sp³-hybridized carbons (Fsp3) is 0.400. The Hall–Kier alpha value is -1.25. The van der Waals surface area contributed by atoms with Crippen molar-refractivity contribution >= 4 is 21.4 Å². The van der Waals surface area contributed by atoms with Gasteiger partial charge in [0.2, 0.25) is 10.0 Å². The number of rotatable bonds is 4. The van der Waals surface area contributed by atoms with Gasteiger partial charge in [-0.25, -0.2) is 18.1 Å². The molecule has 6 nitrogen and oxygen atoms in total. The summed E-state index contributed by atoms with van der Waals surface area (Å²) in [7, 11) is -3.61. The molecule has 0 radical (unpaired) electrons. The minimum Gasteiger partial charge on any atom is -0.360 e. The van der Waals surface area contributed by atoms with Crippen LogP contribution in [0.15, 0.2) is 14.8 Å². The van der Waals surface area contributed by atoms with Crippen molar-refractivity contribution in [3.63, 3.8) is 0 Å². The third-order valence-electron chi connectivity index (χ3n) is 2.35. The van der Waals surface area contributed by atoms with E-state index >= 15 is 0 Å². The Labute approximate surface area is 109 Å².